The highest BCUT2D eigenvalue weighted by molar-refractivity contribution is 5.86. The zero-order valence-corrected chi connectivity index (χ0v) is 10.2. The van der Waals surface area contributed by atoms with Gasteiger partial charge in [-0.2, -0.15) is 0 Å². The summed E-state index contributed by atoms with van der Waals surface area (Å²) in [4.78, 5) is 11.5. The van der Waals surface area contributed by atoms with Gasteiger partial charge in [-0.1, -0.05) is 41.5 Å². The molecule has 1 fully saturated rings. The van der Waals surface area contributed by atoms with E-state index in [-0.39, 0.29) is 17.2 Å². The summed E-state index contributed by atoms with van der Waals surface area (Å²) in [5.74, 6) is 1.62. The van der Waals surface area contributed by atoms with E-state index < -0.39 is 0 Å². The number of nitrogens with one attached hydrogen (secondary N) is 1. The van der Waals surface area contributed by atoms with Crippen LogP contribution < -0.4 is 5.32 Å². The van der Waals surface area contributed by atoms with E-state index in [2.05, 4.69) is 46.9 Å². The quantitative estimate of drug-likeness (QED) is 0.677. The molecule has 1 aliphatic rings. The zero-order chi connectivity index (χ0) is 11.1. The predicted octanol–water partition coefficient (Wildman–Crippen LogP) is 2.44. The van der Waals surface area contributed by atoms with Gasteiger partial charge in [-0.05, 0) is 17.3 Å². The normalized spacial score (nSPS) is 29.8. The molecule has 0 aromatic rings. The van der Waals surface area contributed by atoms with Gasteiger partial charge >= 0.3 is 0 Å². The number of hydrogen-bond acceptors (Lipinski definition) is 1. The van der Waals surface area contributed by atoms with Crippen LogP contribution >= 0.6 is 0 Å². The molecule has 1 saturated heterocycles. The van der Waals surface area contributed by atoms with Crippen LogP contribution in [0.4, 0.5) is 0 Å². The first-order chi connectivity index (χ1) is 6.25. The first-order valence-corrected chi connectivity index (χ1v) is 5.55. The van der Waals surface area contributed by atoms with Crippen molar-refractivity contribution in [3.8, 4) is 0 Å². The van der Waals surface area contributed by atoms with E-state index in [1.54, 1.807) is 0 Å². The molecule has 1 heterocycles. The molecule has 0 spiro atoms. The van der Waals surface area contributed by atoms with Crippen molar-refractivity contribution in [2.45, 2.75) is 47.6 Å². The third kappa shape index (κ3) is 1.94. The van der Waals surface area contributed by atoms with Gasteiger partial charge in [-0.25, -0.2) is 0 Å². The molecule has 3 unspecified atom stereocenters. The molecule has 0 aromatic heterocycles. The van der Waals surface area contributed by atoms with Crippen molar-refractivity contribution in [1.29, 1.82) is 0 Å². The van der Waals surface area contributed by atoms with Gasteiger partial charge in [0, 0.05) is 6.04 Å². The van der Waals surface area contributed by atoms with Crippen LogP contribution in [0.1, 0.15) is 41.5 Å². The fourth-order valence-corrected chi connectivity index (χ4v) is 2.19. The van der Waals surface area contributed by atoms with E-state index in [9.17, 15) is 4.79 Å². The second-order valence-corrected chi connectivity index (χ2v) is 5.98. The minimum absolute atomic E-state index is 0.0934. The largest absolute Gasteiger partial charge is 0.352 e. The van der Waals surface area contributed by atoms with Crippen LogP contribution in [0.2, 0.25) is 0 Å². The van der Waals surface area contributed by atoms with Gasteiger partial charge in [0.25, 0.3) is 0 Å². The highest BCUT2D eigenvalue weighted by Gasteiger charge is 2.48. The zero-order valence-electron chi connectivity index (χ0n) is 10.2. The van der Waals surface area contributed by atoms with Gasteiger partial charge < -0.3 is 5.32 Å². The van der Waals surface area contributed by atoms with E-state index in [4.69, 9.17) is 0 Å². The SMILES string of the molecule is CC(C)C(C)C1NC(=O)C1C(C)(C)C. The Kier molecular flexibility index (Phi) is 2.93. The number of hydrogen-bond donors (Lipinski definition) is 1. The molecule has 1 aliphatic heterocycles. The Morgan fingerprint density at radius 2 is 1.71 bits per heavy atom. The fourth-order valence-electron chi connectivity index (χ4n) is 2.19. The van der Waals surface area contributed by atoms with Gasteiger partial charge in [0.1, 0.15) is 0 Å². The summed E-state index contributed by atoms with van der Waals surface area (Å²) < 4.78 is 0. The summed E-state index contributed by atoms with van der Waals surface area (Å²) in [6.07, 6.45) is 0. The molecule has 0 radical (unpaired) electrons. The topological polar surface area (TPSA) is 29.1 Å². The standard InChI is InChI=1S/C12H23NO/c1-7(2)8(3)10-9(11(14)13-10)12(4,5)6/h7-10H,1-6H3,(H,13,14). The Hall–Kier alpha value is -0.530. The second-order valence-electron chi connectivity index (χ2n) is 5.98. The monoisotopic (exact) mass is 197 g/mol. The van der Waals surface area contributed by atoms with Crippen molar-refractivity contribution in [2.75, 3.05) is 0 Å². The number of β-lactam (4-membered cyclic amide) rings is 1. The number of rotatable bonds is 2. The molecule has 0 aromatic carbocycles. The highest BCUT2D eigenvalue weighted by Crippen LogP contribution is 2.38. The van der Waals surface area contributed by atoms with Crippen molar-refractivity contribution < 1.29 is 4.79 Å². The summed E-state index contributed by atoms with van der Waals surface area (Å²) in [6.45, 7) is 13.1. The lowest BCUT2D eigenvalue weighted by Gasteiger charge is -2.48. The molecule has 1 N–H and O–H groups in total. The Balaban J connectivity index is 2.71. The van der Waals surface area contributed by atoms with Crippen LogP contribution in [-0.2, 0) is 4.79 Å². The molecule has 1 rings (SSSR count). The lowest BCUT2D eigenvalue weighted by atomic mass is 9.66. The van der Waals surface area contributed by atoms with Crippen molar-refractivity contribution in [3.63, 3.8) is 0 Å². The summed E-state index contributed by atoms with van der Waals surface area (Å²) in [5.41, 5.74) is 0.0934. The van der Waals surface area contributed by atoms with E-state index >= 15 is 0 Å². The maximum atomic E-state index is 11.5. The van der Waals surface area contributed by atoms with Crippen LogP contribution in [0.5, 0.6) is 0 Å². The minimum atomic E-state index is 0.0934. The van der Waals surface area contributed by atoms with Crippen molar-refractivity contribution in [2.24, 2.45) is 23.2 Å². The van der Waals surface area contributed by atoms with Gasteiger partial charge in [0.05, 0.1) is 5.92 Å². The fraction of sp³-hybridized carbons (Fsp3) is 0.917. The molecular formula is C12H23NO. The average Bonchev–Trinajstić information content (AvgIpc) is 1.94. The van der Waals surface area contributed by atoms with Crippen molar-refractivity contribution in [1.82, 2.24) is 5.32 Å². The third-order valence-electron chi connectivity index (χ3n) is 3.50. The molecule has 82 valence electrons. The highest BCUT2D eigenvalue weighted by atomic mass is 16.2. The Bertz CT molecular complexity index is 227. The van der Waals surface area contributed by atoms with Gasteiger partial charge in [-0.3, -0.25) is 4.79 Å². The van der Waals surface area contributed by atoms with Gasteiger partial charge in [-0.15, -0.1) is 0 Å². The first-order valence-electron chi connectivity index (χ1n) is 5.55. The molecule has 2 nitrogen and oxygen atoms in total. The average molecular weight is 197 g/mol. The van der Waals surface area contributed by atoms with Crippen LogP contribution in [0.3, 0.4) is 0 Å². The lowest BCUT2D eigenvalue weighted by Crippen LogP contribution is -2.65. The van der Waals surface area contributed by atoms with Crippen LogP contribution in [-0.4, -0.2) is 11.9 Å². The molecule has 14 heavy (non-hydrogen) atoms. The number of carbonyl (C=O) groups excluding carboxylic acids is 1. The van der Waals surface area contributed by atoms with Crippen LogP contribution in [0, 0.1) is 23.2 Å². The van der Waals surface area contributed by atoms with Crippen molar-refractivity contribution in [3.05, 3.63) is 0 Å². The van der Waals surface area contributed by atoms with Crippen molar-refractivity contribution >= 4 is 5.91 Å². The Morgan fingerprint density at radius 1 is 1.21 bits per heavy atom. The van der Waals surface area contributed by atoms with Gasteiger partial charge in [0.15, 0.2) is 0 Å². The number of amides is 1. The second kappa shape index (κ2) is 3.56. The van der Waals surface area contributed by atoms with Crippen LogP contribution in [0.15, 0.2) is 0 Å². The summed E-state index contributed by atoms with van der Waals surface area (Å²) in [7, 11) is 0. The molecule has 0 aliphatic carbocycles. The maximum Gasteiger partial charge on any atom is 0.225 e. The third-order valence-corrected chi connectivity index (χ3v) is 3.50. The molecule has 0 saturated carbocycles. The van der Waals surface area contributed by atoms with E-state index in [1.165, 1.54) is 0 Å². The molecule has 2 heteroatoms. The molecular weight excluding hydrogens is 174 g/mol. The number of carbonyl (C=O) groups is 1. The molecule has 3 atom stereocenters. The van der Waals surface area contributed by atoms with E-state index in [0.717, 1.165) is 0 Å². The Morgan fingerprint density at radius 3 is 2.00 bits per heavy atom. The first kappa shape index (κ1) is 11.5. The Labute approximate surface area is 87.5 Å². The molecule has 1 amide bonds. The smallest absolute Gasteiger partial charge is 0.225 e. The van der Waals surface area contributed by atoms with Gasteiger partial charge in [0.2, 0.25) is 5.91 Å². The summed E-state index contributed by atoms with van der Waals surface area (Å²) in [6, 6.07) is 0.377. The summed E-state index contributed by atoms with van der Waals surface area (Å²) >= 11 is 0. The summed E-state index contributed by atoms with van der Waals surface area (Å²) in [5, 5.41) is 3.04. The van der Waals surface area contributed by atoms with Crippen LogP contribution in [0.25, 0.3) is 0 Å². The van der Waals surface area contributed by atoms with E-state index in [0.29, 0.717) is 17.9 Å². The maximum absolute atomic E-state index is 11.5. The lowest BCUT2D eigenvalue weighted by molar-refractivity contribution is -0.143. The predicted molar refractivity (Wildman–Crippen MR) is 58.9 cm³/mol. The molecule has 0 bridgehead atoms. The minimum Gasteiger partial charge on any atom is -0.352 e. The van der Waals surface area contributed by atoms with E-state index in [1.807, 2.05) is 0 Å².